The van der Waals surface area contributed by atoms with Crippen LogP contribution in [0.15, 0.2) is 28.9 Å². The fraction of sp³-hybridized carbons (Fsp3) is 0.250. The van der Waals surface area contributed by atoms with Crippen molar-refractivity contribution in [1.29, 1.82) is 5.26 Å². The summed E-state index contributed by atoms with van der Waals surface area (Å²) < 4.78 is 5.46. The van der Waals surface area contributed by atoms with E-state index in [2.05, 4.69) is 15.3 Å². The molecular weight excluding hydrogens is 216 g/mol. The van der Waals surface area contributed by atoms with E-state index >= 15 is 0 Å². The van der Waals surface area contributed by atoms with Gasteiger partial charge in [0.2, 0.25) is 5.89 Å². The molecule has 0 atom stereocenters. The van der Waals surface area contributed by atoms with E-state index in [9.17, 15) is 0 Å². The minimum absolute atomic E-state index is 0.386. The summed E-state index contributed by atoms with van der Waals surface area (Å²) in [5, 5.41) is 11.8. The topological polar surface area (TPSA) is 74.7 Å². The van der Waals surface area contributed by atoms with Gasteiger partial charge in [0.15, 0.2) is 0 Å². The first kappa shape index (κ1) is 11.1. The number of nitrogens with zero attached hydrogens (tertiary/aromatic N) is 3. The first-order valence-electron chi connectivity index (χ1n) is 5.35. The van der Waals surface area contributed by atoms with Gasteiger partial charge in [0.25, 0.3) is 0 Å². The van der Waals surface area contributed by atoms with Crippen LogP contribution in [0.5, 0.6) is 0 Å². The number of nitrogens with one attached hydrogen (secondary N) is 1. The van der Waals surface area contributed by atoms with Gasteiger partial charge in [0, 0.05) is 18.3 Å². The van der Waals surface area contributed by atoms with Crippen LogP contribution in [-0.4, -0.2) is 9.97 Å². The molecular formula is C12H12N4O. The molecule has 0 fully saturated rings. The highest BCUT2D eigenvalue weighted by Gasteiger charge is 2.02. The molecule has 0 saturated carbocycles. The van der Waals surface area contributed by atoms with Crippen molar-refractivity contribution in [1.82, 2.24) is 9.97 Å². The lowest BCUT2D eigenvalue weighted by Gasteiger charge is -2.02. The Kier molecular flexibility index (Phi) is 3.36. The molecule has 0 aliphatic rings. The molecule has 5 nitrogen and oxygen atoms in total. The molecule has 2 aromatic heterocycles. The second kappa shape index (κ2) is 5.12. The number of hydrogen-bond acceptors (Lipinski definition) is 5. The van der Waals surface area contributed by atoms with Gasteiger partial charge >= 0.3 is 0 Å². The monoisotopic (exact) mass is 228 g/mol. The number of nitriles is 1. The Bertz CT molecular complexity index is 541. The Labute approximate surface area is 99.1 Å². The zero-order valence-corrected chi connectivity index (χ0v) is 9.47. The van der Waals surface area contributed by atoms with E-state index in [4.69, 9.17) is 9.68 Å². The third-order valence-electron chi connectivity index (χ3n) is 2.27. The fourth-order valence-corrected chi connectivity index (χ4v) is 1.37. The first-order valence-corrected chi connectivity index (χ1v) is 5.35. The summed E-state index contributed by atoms with van der Waals surface area (Å²) in [5.41, 5.74) is 1.21. The lowest BCUT2D eigenvalue weighted by atomic mass is 10.3. The lowest BCUT2D eigenvalue weighted by molar-refractivity contribution is 0.466. The first-order chi connectivity index (χ1) is 8.31. The van der Waals surface area contributed by atoms with Gasteiger partial charge in [0.05, 0.1) is 12.7 Å². The average molecular weight is 228 g/mol. The molecule has 0 aliphatic carbocycles. The van der Waals surface area contributed by atoms with Gasteiger partial charge in [-0.25, -0.2) is 9.97 Å². The van der Waals surface area contributed by atoms with Gasteiger partial charge < -0.3 is 9.73 Å². The number of aryl methyl sites for hydroxylation is 1. The Hall–Kier alpha value is -2.35. The zero-order valence-electron chi connectivity index (χ0n) is 9.47. The van der Waals surface area contributed by atoms with Crippen molar-refractivity contribution in [2.45, 2.75) is 19.9 Å². The van der Waals surface area contributed by atoms with Crippen molar-refractivity contribution in [2.75, 3.05) is 5.32 Å². The maximum atomic E-state index is 8.71. The normalized spacial score (nSPS) is 9.88. The van der Waals surface area contributed by atoms with E-state index in [0.29, 0.717) is 18.1 Å². The van der Waals surface area contributed by atoms with Crippen molar-refractivity contribution >= 4 is 5.69 Å². The van der Waals surface area contributed by atoms with Gasteiger partial charge in [-0.15, -0.1) is 0 Å². The summed E-state index contributed by atoms with van der Waals surface area (Å²) in [5.74, 6) is 1.51. The van der Waals surface area contributed by atoms with E-state index in [1.54, 1.807) is 24.5 Å². The Morgan fingerprint density at radius 1 is 1.47 bits per heavy atom. The highest BCUT2D eigenvalue weighted by atomic mass is 16.4. The minimum atomic E-state index is 0.386. The quantitative estimate of drug-likeness (QED) is 0.867. The molecule has 2 aromatic rings. The number of oxazole rings is 1. The SMILES string of the molecule is CCc1cnc(CNc2ccnc(C#N)c2)o1. The standard InChI is InChI=1S/C12H12N4O/c1-2-11-7-16-12(17-11)8-15-9-3-4-14-10(5-9)6-13/h3-5,7H,2,8H2,1H3,(H,14,15). The smallest absolute Gasteiger partial charge is 0.213 e. The molecule has 0 unspecified atom stereocenters. The highest BCUT2D eigenvalue weighted by molar-refractivity contribution is 5.45. The average Bonchev–Trinajstić information content (AvgIpc) is 2.84. The fourth-order valence-electron chi connectivity index (χ4n) is 1.37. The third kappa shape index (κ3) is 2.82. The lowest BCUT2D eigenvalue weighted by Crippen LogP contribution is -2.00. The number of hydrogen-bond donors (Lipinski definition) is 1. The second-order valence-electron chi connectivity index (χ2n) is 3.47. The van der Waals surface area contributed by atoms with Crippen LogP contribution < -0.4 is 5.32 Å². The minimum Gasteiger partial charge on any atom is -0.444 e. The largest absolute Gasteiger partial charge is 0.444 e. The number of aromatic nitrogens is 2. The molecule has 0 saturated heterocycles. The molecule has 1 N–H and O–H groups in total. The van der Waals surface area contributed by atoms with Crippen LogP contribution in [0.4, 0.5) is 5.69 Å². The predicted octanol–water partition coefficient (Wildman–Crippen LogP) is 2.12. The molecule has 0 aromatic carbocycles. The Morgan fingerprint density at radius 3 is 3.06 bits per heavy atom. The molecule has 0 spiro atoms. The molecule has 0 radical (unpaired) electrons. The molecule has 2 heterocycles. The van der Waals surface area contributed by atoms with Crippen LogP contribution in [-0.2, 0) is 13.0 Å². The molecule has 5 heteroatoms. The van der Waals surface area contributed by atoms with E-state index in [0.717, 1.165) is 17.9 Å². The zero-order chi connectivity index (χ0) is 12.1. The summed E-state index contributed by atoms with van der Waals surface area (Å²) in [4.78, 5) is 8.02. The van der Waals surface area contributed by atoms with Crippen molar-refractivity contribution < 1.29 is 4.42 Å². The number of pyridine rings is 1. The molecule has 17 heavy (non-hydrogen) atoms. The van der Waals surface area contributed by atoms with Gasteiger partial charge in [-0.3, -0.25) is 0 Å². The number of rotatable bonds is 4. The summed E-state index contributed by atoms with van der Waals surface area (Å²) in [6.07, 6.45) is 4.15. The summed E-state index contributed by atoms with van der Waals surface area (Å²) in [7, 11) is 0. The van der Waals surface area contributed by atoms with Crippen LogP contribution >= 0.6 is 0 Å². The maximum absolute atomic E-state index is 8.71. The van der Waals surface area contributed by atoms with Gasteiger partial charge in [-0.2, -0.15) is 5.26 Å². The van der Waals surface area contributed by atoms with Crippen molar-refractivity contribution in [3.05, 3.63) is 41.9 Å². The van der Waals surface area contributed by atoms with Gasteiger partial charge in [0.1, 0.15) is 17.5 Å². The summed E-state index contributed by atoms with van der Waals surface area (Å²) in [6, 6.07) is 5.47. The van der Waals surface area contributed by atoms with Crippen LogP contribution in [0.1, 0.15) is 24.3 Å². The van der Waals surface area contributed by atoms with Gasteiger partial charge in [-0.1, -0.05) is 6.92 Å². The van der Waals surface area contributed by atoms with Crippen LogP contribution in [0, 0.1) is 11.3 Å². The van der Waals surface area contributed by atoms with Crippen LogP contribution in [0.3, 0.4) is 0 Å². The predicted molar refractivity (Wildman–Crippen MR) is 62.2 cm³/mol. The van der Waals surface area contributed by atoms with E-state index in [1.807, 2.05) is 13.0 Å². The van der Waals surface area contributed by atoms with E-state index in [1.165, 1.54) is 0 Å². The van der Waals surface area contributed by atoms with Crippen LogP contribution in [0.25, 0.3) is 0 Å². The molecule has 0 amide bonds. The molecule has 0 aliphatic heterocycles. The molecule has 0 bridgehead atoms. The molecule has 2 rings (SSSR count). The van der Waals surface area contributed by atoms with E-state index < -0.39 is 0 Å². The summed E-state index contributed by atoms with van der Waals surface area (Å²) in [6.45, 7) is 2.51. The maximum Gasteiger partial charge on any atom is 0.213 e. The van der Waals surface area contributed by atoms with Crippen molar-refractivity contribution in [2.24, 2.45) is 0 Å². The Morgan fingerprint density at radius 2 is 2.35 bits per heavy atom. The third-order valence-corrected chi connectivity index (χ3v) is 2.27. The van der Waals surface area contributed by atoms with Gasteiger partial charge in [-0.05, 0) is 12.1 Å². The van der Waals surface area contributed by atoms with Crippen LogP contribution in [0.2, 0.25) is 0 Å². The van der Waals surface area contributed by atoms with Crippen molar-refractivity contribution in [3.8, 4) is 6.07 Å². The highest BCUT2D eigenvalue weighted by Crippen LogP contribution is 2.10. The summed E-state index contributed by atoms with van der Waals surface area (Å²) >= 11 is 0. The van der Waals surface area contributed by atoms with Crippen molar-refractivity contribution in [3.63, 3.8) is 0 Å². The molecule has 86 valence electrons. The van der Waals surface area contributed by atoms with E-state index in [-0.39, 0.29) is 0 Å². The second-order valence-corrected chi connectivity index (χ2v) is 3.47. The Balaban J connectivity index is 1.99. The number of anilines is 1.